The number of nitrogens with one attached hydrogen (secondary N) is 2. The molecule has 0 aliphatic rings. The predicted molar refractivity (Wildman–Crippen MR) is 111 cm³/mol. The van der Waals surface area contributed by atoms with Crippen LogP contribution in [0.25, 0.3) is 0 Å². The Morgan fingerprint density at radius 2 is 1.75 bits per heavy atom. The van der Waals surface area contributed by atoms with Crippen molar-refractivity contribution in [3.8, 4) is 5.75 Å². The summed E-state index contributed by atoms with van der Waals surface area (Å²) in [6, 6.07) is 18.6. The van der Waals surface area contributed by atoms with Gasteiger partial charge in [0.2, 0.25) is 0 Å². The summed E-state index contributed by atoms with van der Waals surface area (Å²) in [6.07, 6.45) is 0. The average molecular weight is 439 g/mol. The monoisotopic (exact) mass is 439 g/mol. The molecule has 0 radical (unpaired) electrons. The number of para-hydroxylation sites is 1. The predicted octanol–water partition coefficient (Wildman–Crippen LogP) is 3.96. The highest BCUT2D eigenvalue weighted by atomic mass is 127. The Labute approximate surface area is 161 Å². The fourth-order valence-corrected chi connectivity index (χ4v) is 2.17. The number of halogens is 1. The van der Waals surface area contributed by atoms with Crippen LogP contribution in [0.1, 0.15) is 25.0 Å². The Balaban J connectivity index is 0.00000288. The largest absolute Gasteiger partial charge is 0.489 e. The highest BCUT2D eigenvalue weighted by Crippen LogP contribution is 2.12. The minimum absolute atomic E-state index is 0. The van der Waals surface area contributed by atoms with Gasteiger partial charge in [0.15, 0.2) is 5.96 Å². The third kappa shape index (κ3) is 7.21. The van der Waals surface area contributed by atoms with Crippen molar-refractivity contribution in [1.82, 2.24) is 10.6 Å². The van der Waals surface area contributed by atoms with Crippen LogP contribution in [0.3, 0.4) is 0 Å². The van der Waals surface area contributed by atoms with Gasteiger partial charge in [0, 0.05) is 19.6 Å². The first-order valence-corrected chi connectivity index (χ1v) is 7.90. The zero-order chi connectivity index (χ0) is 16.5. The lowest BCUT2D eigenvalue weighted by atomic mass is 10.1. The maximum atomic E-state index is 5.79. The van der Waals surface area contributed by atoms with E-state index in [2.05, 4.69) is 53.7 Å². The normalized spacial score (nSPS) is 10.9. The minimum atomic E-state index is 0. The third-order valence-electron chi connectivity index (χ3n) is 3.25. The summed E-state index contributed by atoms with van der Waals surface area (Å²) in [5.74, 6) is 1.70. The molecule has 0 aliphatic carbocycles. The van der Waals surface area contributed by atoms with Gasteiger partial charge in [0.25, 0.3) is 0 Å². The zero-order valence-corrected chi connectivity index (χ0v) is 16.8. The van der Waals surface area contributed by atoms with Crippen LogP contribution in [0.5, 0.6) is 5.75 Å². The molecule has 0 fully saturated rings. The van der Waals surface area contributed by atoms with Crippen LogP contribution in [0.4, 0.5) is 0 Å². The lowest BCUT2D eigenvalue weighted by Gasteiger charge is -2.15. The minimum Gasteiger partial charge on any atom is -0.489 e. The van der Waals surface area contributed by atoms with Crippen LogP contribution in [0.15, 0.2) is 59.6 Å². The van der Waals surface area contributed by atoms with E-state index in [0.717, 1.165) is 23.8 Å². The van der Waals surface area contributed by atoms with Crippen LogP contribution >= 0.6 is 24.0 Å². The highest BCUT2D eigenvalue weighted by Gasteiger charge is 2.02. The van der Waals surface area contributed by atoms with Crippen LogP contribution in [-0.4, -0.2) is 19.0 Å². The van der Waals surface area contributed by atoms with Gasteiger partial charge in [-0.25, -0.2) is 0 Å². The number of ether oxygens (including phenoxy) is 1. The number of benzene rings is 2. The van der Waals surface area contributed by atoms with E-state index in [0.29, 0.717) is 12.6 Å². The number of hydrogen-bond donors (Lipinski definition) is 2. The van der Waals surface area contributed by atoms with Crippen LogP contribution in [-0.2, 0) is 13.2 Å². The van der Waals surface area contributed by atoms with Crippen LogP contribution in [0, 0.1) is 0 Å². The van der Waals surface area contributed by atoms with Gasteiger partial charge in [-0.2, -0.15) is 0 Å². The number of hydrogen-bond acceptors (Lipinski definition) is 2. The summed E-state index contributed by atoms with van der Waals surface area (Å²) in [7, 11) is 1.78. The van der Waals surface area contributed by atoms with E-state index in [1.54, 1.807) is 7.05 Å². The highest BCUT2D eigenvalue weighted by molar-refractivity contribution is 14.0. The topological polar surface area (TPSA) is 45.7 Å². The van der Waals surface area contributed by atoms with E-state index >= 15 is 0 Å². The number of rotatable bonds is 6. The van der Waals surface area contributed by atoms with E-state index < -0.39 is 0 Å². The van der Waals surface area contributed by atoms with Gasteiger partial charge in [-0.3, -0.25) is 4.99 Å². The van der Waals surface area contributed by atoms with Gasteiger partial charge in [0.1, 0.15) is 12.4 Å². The van der Waals surface area contributed by atoms with Gasteiger partial charge >= 0.3 is 0 Å². The Morgan fingerprint density at radius 3 is 2.42 bits per heavy atom. The van der Waals surface area contributed by atoms with Crippen molar-refractivity contribution in [2.24, 2.45) is 4.99 Å². The van der Waals surface area contributed by atoms with E-state index in [1.807, 2.05) is 30.3 Å². The lowest BCUT2D eigenvalue weighted by molar-refractivity contribution is 0.306. The Kier molecular flexibility index (Phi) is 9.22. The second-order valence-electron chi connectivity index (χ2n) is 5.65. The molecule has 24 heavy (non-hydrogen) atoms. The first kappa shape index (κ1) is 20.3. The molecule has 5 heteroatoms. The quantitative estimate of drug-likeness (QED) is 0.407. The zero-order valence-electron chi connectivity index (χ0n) is 14.5. The van der Waals surface area contributed by atoms with E-state index in [9.17, 15) is 0 Å². The number of aliphatic imine (C=N–C) groups is 1. The summed E-state index contributed by atoms with van der Waals surface area (Å²) in [4.78, 5) is 4.21. The van der Waals surface area contributed by atoms with Crippen molar-refractivity contribution >= 4 is 29.9 Å². The standard InChI is InChI=1S/C19H25N3O.HI/c1-15(2)22-19(20-3)21-13-16-8-7-9-17(12-16)14-23-18-10-5-4-6-11-18;/h4-12,15H,13-14H2,1-3H3,(H2,20,21,22);1H. The Bertz CT molecular complexity index is 630. The summed E-state index contributed by atoms with van der Waals surface area (Å²) < 4.78 is 5.79. The van der Waals surface area contributed by atoms with E-state index in [1.165, 1.54) is 5.56 Å². The molecule has 0 saturated carbocycles. The average Bonchev–Trinajstić information content (AvgIpc) is 2.58. The van der Waals surface area contributed by atoms with Crippen molar-refractivity contribution in [3.05, 3.63) is 65.7 Å². The second-order valence-corrected chi connectivity index (χ2v) is 5.65. The van der Waals surface area contributed by atoms with Crippen molar-refractivity contribution in [3.63, 3.8) is 0 Å². The summed E-state index contributed by atoms with van der Waals surface area (Å²) >= 11 is 0. The number of nitrogens with zero attached hydrogens (tertiary/aromatic N) is 1. The van der Waals surface area contributed by atoms with E-state index in [-0.39, 0.29) is 24.0 Å². The molecule has 2 rings (SSSR count). The molecule has 0 heterocycles. The van der Waals surface area contributed by atoms with Crippen molar-refractivity contribution in [2.75, 3.05) is 7.05 Å². The van der Waals surface area contributed by atoms with Gasteiger partial charge in [-0.05, 0) is 37.1 Å². The van der Waals surface area contributed by atoms with Crippen molar-refractivity contribution < 1.29 is 4.74 Å². The molecule has 0 saturated heterocycles. The fourth-order valence-electron chi connectivity index (χ4n) is 2.17. The molecule has 0 amide bonds. The fraction of sp³-hybridized carbons (Fsp3) is 0.316. The third-order valence-corrected chi connectivity index (χ3v) is 3.25. The smallest absolute Gasteiger partial charge is 0.191 e. The van der Waals surface area contributed by atoms with Crippen LogP contribution < -0.4 is 15.4 Å². The van der Waals surface area contributed by atoms with E-state index in [4.69, 9.17) is 4.74 Å². The maximum Gasteiger partial charge on any atom is 0.191 e. The molecule has 0 bridgehead atoms. The molecule has 2 aromatic rings. The number of guanidine groups is 1. The molecular weight excluding hydrogens is 413 g/mol. The summed E-state index contributed by atoms with van der Waals surface area (Å²) in [5.41, 5.74) is 2.35. The lowest BCUT2D eigenvalue weighted by Crippen LogP contribution is -2.40. The van der Waals surface area contributed by atoms with Gasteiger partial charge in [-0.15, -0.1) is 24.0 Å². The van der Waals surface area contributed by atoms with Crippen molar-refractivity contribution in [1.29, 1.82) is 0 Å². The first-order chi connectivity index (χ1) is 11.2. The molecule has 0 atom stereocenters. The molecule has 0 unspecified atom stereocenters. The molecular formula is C19H26IN3O. The maximum absolute atomic E-state index is 5.79. The summed E-state index contributed by atoms with van der Waals surface area (Å²) in [6.45, 7) is 5.48. The van der Waals surface area contributed by atoms with Gasteiger partial charge < -0.3 is 15.4 Å². The van der Waals surface area contributed by atoms with Crippen molar-refractivity contribution in [2.45, 2.75) is 33.0 Å². The molecule has 2 aromatic carbocycles. The molecule has 0 aromatic heterocycles. The van der Waals surface area contributed by atoms with Gasteiger partial charge in [-0.1, -0.05) is 42.5 Å². The Hall–Kier alpha value is -1.76. The Morgan fingerprint density at radius 1 is 1.04 bits per heavy atom. The van der Waals surface area contributed by atoms with Crippen LogP contribution in [0.2, 0.25) is 0 Å². The molecule has 4 nitrogen and oxygen atoms in total. The molecule has 0 spiro atoms. The van der Waals surface area contributed by atoms with Gasteiger partial charge in [0.05, 0.1) is 0 Å². The molecule has 2 N–H and O–H groups in total. The summed E-state index contributed by atoms with van der Waals surface area (Å²) in [5, 5.41) is 6.59. The molecule has 130 valence electrons. The SMILES string of the molecule is CN=C(NCc1cccc(COc2ccccc2)c1)NC(C)C.I. The molecule has 0 aliphatic heterocycles. The first-order valence-electron chi connectivity index (χ1n) is 7.90. The second kappa shape index (κ2) is 10.9.